The van der Waals surface area contributed by atoms with E-state index in [1.165, 1.54) is 19.2 Å². The summed E-state index contributed by atoms with van der Waals surface area (Å²) in [6.07, 6.45) is 1.37. The summed E-state index contributed by atoms with van der Waals surface area (Å²) >= 11 is 0. The third-order valence-electron chi connectivity index (χ3n) is 2.49. The van der Waals surface area contributed by atoms with Gasteiger partial charge in [0.1, 0.15) is 17.5 Å². The van der Waals surface area contributed by atoms with E-state index in [0.717, 1.165) is 6.42 Å². The molecule has 1 rings (SSSR count). The number of nitrogens with one attached hydrogen (secondary N) is 1. The van der Waals surface area contributed by atoms with E-state index in [1.54, 1.807) is 6.07 Å². The van der Waals surface area contributed by atoms with Crippen molar-refractivity contribution in [2.45, 2.75) is 25.8 Å². The fraction of sp³-hybridized carbons (Fsp3) is 0.385. The molecule has 96 valence electrons. The molecular weight excluding hydrogens is 232 g/mol. The van der Waals surface area contributed by atoms with Gasteiger partial charge in [0.05, 0.1) is 18.7 Å². The van der Waals surface area contributed by atoms with Gasteiger partial charge in [0.2, 0.25) is 0 Å². The molecule has 1 unspecified atom stereocenters. The van der Waals surface area contributed by atoms with Crippen LogP contribution in [0.4, 0.5) is 0 Å². The number of nitriles is 1. The molecule has 5 heteroatoms. The van der Waals surface area contributed by atoms with E-state index in [9.17, 15) is 9.90 Å². The van der Waals surface area contributed by atoms with E-state index >= 15 is 0 Å². The molecule has 1 aromatic carbocycles. The number of carbonyl (C=O) groups is 1. The molecule has 0 saturated heterocycles. The Labute approximate surface area is 106 Å². The van der Waals surface area contributed by atoms with Gasteiger partial charge in [-0.05, 0) is 24.6 Å². The number of hydrogen-bond donors (Lipinski definition) is 2. The summed E-state index contributed by atoms with van der Waals surface area (Å²) in [5, 5.41) is 21.0. The van der Waals surface area contributed by atoms with E-state index in [-0.39, 0.29) is 11.3 Å². The minimum Gasteiger partial charge on any atom is -0.507 e. The van der Waals surface area contributed by atoms with Gasteiger partial charge in [-0.15, -0.1) is 0 Å². The Morgan fingerprint density at radius 3 is 2.89 bits per heavy atom. The SMILES string of the molecule is CCCC(C#N)NC(=O)c1cc(OC)ccc1O. The van der Waals surface area contributed by atoms with Crippen molar-refractivity contribution in [3.8, 4) is 17.6 Å². The summed E-state index contributed by atoms with van der Waals surface area (Å²) in [4.78, 5) is 11.9. The van der Waals surface area contributed by atoms with E-state index in [4.69, 9.17) is 10.00 Å². The maximum absolute atomic E-state index is 11.9. The molecule has 1 atom stereocenters. The standard InChI is InChI=1S/C13H16N2O3/c1-3-4-9(8-14)15-13(17)11-7-10(18-2)5-6-12(11)16/h5-7,9,16H,3-4H2,1-2H3,(H,15,17). The van der Waals surface area contributed by atoms with Gasteiger partial charge in [0.25, 0.3) is 5.91 Å². The van der Waals surface area contributed by atoms with E-state index in [2.05, 4.69) is 5.32 Å². The number of amides is 1. The molecule has 18 heavy (non-hydrogen) atoms. The van der Waals surface area contributed by atoms with Crippen molar-refractivity contribution in [3.05, 3.63) is 23.8 Å². The Balaban J connectivity index is 2.86. The quantitative estimate of drug-likeness (QED) is 0.832. The van der Waals surface area contributed by atoms with Crippen molar-refractivity contribution in [1.29, 1.82) is 5.26 Å². The summed E-state index contributed by atoms with van der Waals surface area (Å²) in [6, 6.07) is 5.83. The van der Waals surface area contributed by atoms with Crippen LogP contribution in [-0.2, 0) is 0 Å². The Hall–Kier alpha value is -2.22. The fourth-order valence-electron chi connectivity index (χ4n) is 1.52. The molecule has 5 nitrogen and oxygen atoms in total. The molecule has 0 bridgehead atoms. The van der Waals surface area contributed by atoms with Gasteiger partial charge in [0, 0.05) is 0 Å². The minimum atomic E-state index is -0.548. The highest BCUT2D eigenvalue weighted by Crippen LogP contribution is 2.22. The summed E-state index contributed by atoms with van der Waals surface area (Å²) in [6.45, 7) is 1.93. The number of carbonyl (C=O) groups excluding carboxylic acids is 1. The van der Waals surface area contributed by atoms with Crippen LogP contribution in [-0.4, -0.2) is 24.2 Å². The van der Waals surface area contributed by atoms with Crippen LogP contribution in [0.3, 0.4) is 0 Å². The Morgan fingerprint density at radius 1 is 1.61 bits per heavy atom. The van der Waals surface area contributed by atoms with Crippen LogP contribution >= 0.6 is 0 Å². The zero-order valence-corrected chi connectivity index (χ0v) is 10.4. The molecular formula is C13H16N2O3. The predicted octanol–water partition coefficient (Wildman–Crippen LogP) is 1.82. The number of benzene rings is 1. The van der Waals surface area contributed by atoms with E-state index in [1.807, 2.05) is 13.0 Å². The van der Waals surface area contributed by atoms with Crippen molar-refractivity contribution < 1.29 is 14.6 Å². The highest BCUT2D eigenvalue weighted by atomic mass is 16.5. The molecule has 0 aliphatic heterocycles. The topological polar surface area (TPSA) is 82.4 Å². The van der Waals surface area contributed by atoms with Crippen molar-refractivity contribution >= 4 is 5.91 Å². The first-order valence-corrected chi connectivity index (χ1v) is 5.69. The van der Waals surface area contributed by atoms with Gasteiger partial charge in [0.15, 0.2) is 0 Å². The van der Waals surface area contributed by atoms with Crippen LogP contribution in [0.2, 0.25) is 0 Å². The highest BCUT2D eigenvalue weighted by molar-refractivity contribution is 5.97. The smallest absolute Gasteiger partial charge is 0.256 e. The molecule has 0 aliphatic rings. The fourth-order valence-corrected chi connectivity index (χ4v) is 1.52. The number of aromatic hydroxyl groups is 1. The first-order valence-electron chi connectivity index (χ1n) is 5.69. The summed E-state index contributed by atoms with van der Waals surface area (Å²) < 4.78 is 4.98. The molecule has 0 spiro atoms. The van der Waals surface area contributed by atoms with Crippen LogP contribution < -0.4 is 10.1 Å². The van der Waals surface area contributed by atoms with Crippen LogP contribution in [0.25, 0.3) is 0 Å². The Bertz CT molecular complexity index is 466. The third kappa shape index (κ3) is 3.39. The number of methoxy groups -OCH3 is 1. The minimum absolute atomic E-state index is 0.103. The van der Waals surface area contributed by atoms with Gasteiger partial charge < -0.3 is 15.2 Å². The van der Waals surface area contributed by atoms with Crippen LogP contribution in [0, 0.1) is 11.3 Å². The number of nitrogens with zero attached hydrogens (tertiary/aromatic N) is 1. The summed E-state index contributed by atoms with van der Waals surface area (Å²) in [5.74, 6) is -0.144. The van der Waals surface area contributed by atoms with Crippen molar-refractivity contribution in [1.82, 2.24) is 5.32 Å². The number of hydrogen-bond acceptors (Lipinski definition) is 4. The lowest BCUT2D eigenvalue weighted by Crippen LogP contribution is -2.33. The van der Waals surface area contributed by atoms with Crippen LogP contribution in [0.5, 0.6) is 11.5 Å². The second-order valence-electron chi connectivity index (χ2n) is 3.83. The Morgan fingerprint density at radius 2 is 2.33 bits per heavy atom. The van der Waals surface area contributed by atoms with Crippen LogP contribution in [0.1, 0.15) is 30.1 Å². The second kappa shape index (κ2) is 6.50. The van der Waals surface area contributed by atoms with Gasteiger partial charge >= 0.3 is 0 Å². The summed E-state index contributed by atoms with van der Waals surface area (Å²) in [5.41, 5.74) is 0.103. The average Bonchev–Trinajstić information content (AvgIpc) is 2.38. The van der Waals surface area contributed by atoms with Gasteiger partial charge in [-0.25, -0.2) is 0 Å². The normalized spacial score (nSPS) is 11.4. The lowest BCUT2D eigenvalue weighted by Gasteiger charge is -2.12. The number of phenols is 1. The largest absolute Gasteiger partial charge is 0.507 e. The number of rotatable bonds is 5. The van der Waals surface area contributed by atoms with E-state index < -0.39 is 11.9 Å². The van der Waals surface area contributed by atoms with Crippen LogP contribution in [0.15, 0.2) is 18.2 Å². The first-order chi connectivity index (χ1) is 8.62. The third-order valence-corrected chi connectivity index (χ3v) is 2.49. The molecule has 0 saturated carbocycles. The Kier molecular flexibility index (Phi) is 5.00. The molecule has 1 amide bonds. The lowest BCUT2D eigenvalue weighted by molar-refractivity contribution is 0.0941. The predicted molar refractivity (Wildman–Crippen MR) is 66.4 cm³/mol. The van der Waals surface area contributed by atoms with Gasteiger partial charge in [-0.3, -0.25) is 4.79 Å². The molecule has 1 aromatic rings. The van der Waals surface area contributed by atoms with E-state index in [0.29, 0.717) is 12.2 Å². The number of phenolic OH excluding ortho intramolecular Hbond substituents is 1. The maximum atomic E-state index is 11.9. The summed E-state index contributed by atoms with van der Waals surface area (Å²) in [7, 11) is 1.48. The molecule has 0 aliphatic carbocycles. The molecule has 0 heterocycles. The molecule has 0 aromatic heterocycles. The van der Waals surface area contributed by atoms with Crippen molar-refractivity contribution in [3.63, 3.8) is 0 Å². The van der Waals surface area contributed by atoms with Gasteiger partial charge in [-0.1, -0.05) is 13.3 Å². The monoisotopic (exact) mass is 248 g/mol. The number of ether oxygens (including phenoxy) is 1. The average molecular weight is 248 g/mol. The lowest BCUT2D eigenvalue weighted by atomic mass is 10.1. The first kappa shape index (κ1) is 13.8. The highest BCUT2D eigenvalue weighted by Gasteiger charge is 2.16. The zero-order chi connectivity index (χ0) is 13.5. The van der Waals surface area contributed by atoms with Crippen molar-refractivity contribution in [2.75, 3.05) is 7.11 Å². The molecule has 0 fully saturated rings. The zero-order valence-electron chi connectivity index (χ0n) is 10.4. The second-order valence-corrected chi connectivity index (χ2v) is 3.83. The maximum Gasteiger partial charge on any atom is 0.256 e. The van der Waals surface area contributed by atoms with Crippen molar-refractivity contribution in [2.24, 2.45) is 0 Å². The molecule has 2 N–H and O–H groups in total. The molecule has 0 radical (unpaired) electrons. The van der Waals surface area contributed by atoms with Gasteiger partial charge in [-0.2, -0.15) is 5.26 Å².